The third kappa shape index (κ3) is 27.3. The van der Waals surface area contributed by atoms with Crippen molar-refractivity contribution in [2.45, 2.75) is 162 Å². The zero-order chi connectivity index (χ0) is 23.5. The Morgan fingerprint density at radius 2 is 0.812 bits per heavy atom. The van der Waals surface area contributed by atoms with E-state index in [1.165, 1.54) is 128 Å². The van der Waals surface area contributed by atoms with E-state index in [1.54, 1.807) is 0 Å². The molecule has 0 fully saturated rings. The van der Waals surface area contributed by atoms with Gasteiger partial charge in [-0.2, -0.15) is 0 Å². The molecule has 0 spiro atoms. The summed E-state index contributed by atoms with van der Waals surface area (Å²) in [5.41, 5.74) is 0. The lowest BCUT2D eigenvalue weighted by atomic mass is 10.0. The Morgan fingerprint density at radius 1 is 0.500 bits per heavy atom. The minimum Gasteiger partial charge on any atom is -0.434 e. The lowest BCUT2D eigenvalue weighted by Crippen LogP contribution is -2.12. The van der Waals surface area contributed by atoms with Crippen molar-refractivity contribution < 1.29 is 14.3 Å². The monoisotopic (exact) mass is 454 g/mol. The number of hydrogen-bond acceptors (Lipinski definition) is 3. The van der Waals surface area contributed by atoms with Crippen LogP contribution in [-0.4, -0.2) is 19.4 Å². The highest BCUT2D eigenvalue weighted by Gasteiger charge is 2.04. The molecule has 0 aromatic carbocycles. The first-order valence-electron chi connectivity index (χ1n) is 14.5. The van der Waals surface area contributed by atoms with Crippen LogP contribution in [0.3, 0.4) is 0 Å². The maximum atomic E-state index is 11.3. The zero-order valence-electron chi connectivity index (χ0n) is 22.3. The van der Waals surface area contributed by atoms with Crippen LogP contribution in [0.15, 0.2) is 0 Å². The van der Waals surface area contributed by atoms with Crippen LogP contribution < -0.4 is 0 Å². The molecule has 192 valence electrons. The molecule has 0 bridgehead atoms. The van der Waals surface area contributed by atoms with Crippen molar-refractivity contribution in [3.8, 4) is 0 Å². The molecule has 0 atom stereocenters. The second kappa shape index (κ2) is 26.5. The largest absolute Gasteiger partial charge is 0.508 e. The first kappa shape index (κ1) is 31.3. The summed E-state index contributed by atoms with van der Waals surface area (Å²) < 4.78 is 10.1. The summed E-state index contributed by atoms with van der Waals surface area (Å²) in [4.78, 5) is 11.3. The molecular weight excluding hydrogens is 396 g/mol. The molecule has 0 rings (SSSR count). The van der Waals surface area contributed by atoms with Crippen LogP contribution in [0, 0.1) is 5.92 Å². The second-order valence-electron chi connectivity index (χ2n) is 10.2. The maximum Gasteiger partial charge on any atom is 0.508 e. The van der Waals surface area contributed by atoms with Gasteiger partial charge in [-0.1, -0.05) is 156 Å². The van der Waals surface area contributed by atoms with Gasteiger partial charge in [0.1, 0.15) is 0 Å². The molecule has 0 radical (unpaired) electrons. The molecule has 0 saturated carbocycles. The molecule has 0 aromatic heterocycles. The van der Waals surface area contributed by atoms with Gasteiger partial charge >= 0.3 is 6.16 Å². The van der Waals surface area contributed by atoms with Crippen LogP contribution in [0.25, 0.3) is 0 Å². The third-order valence-corrected chi connectivity index (χ3v) is 6.25. The van der Waals surface area contributed by atoms with Gasteiger partial charge in [0, 0.05) is 0 Å². The minimum absolute atomic E-state index is 0.358. The molecule has 0 aliphatic rings. The standard InChI is InChI=1S/C29H58O3/c1-4-5-6-7-8-9-10-11-12-13-14-15-16-17-18-19-20-21-22-23-24-25-26-31-29(30)32-27-28(2)3/h28H,4-27H2,1-3H3. The predicted molar refractivity (Wildman–Crippen MR) is 139 cm³/mol. The van der Waals surface area contributed by atoms with Gasteiger partial charge in [0.25, 0.3) is 0 Å². The van der Waals surface area contributed by atoms with Crippen molar-refractivity contribution >= 4 is 6.16 Å². The molecular formula is C29H58O3. The van der Waals surface area contributed by atoms with Crippen LogP contribution in [0.4, 0.5) is 4.79 Å². The highest BCUT2D eigenvalue weighted by Crippen LogP contribution is 2.15. The summed E-state index contributed by atoms with van der Waals surface area (Å²) in [7, 11) is 0. The molecule has 0 N–H and O–H groups in total. The maximum absolute atomic E-state index is 11.3. The van der Waals surface area contributed by atoms with E-state index in [9.17, 15) is 4.79 Å². The number of unbranched alkanes of at least 4 members (excludes halogenated alkanes) is 21. The lowest BCUT2D eigenvalue weighted by Gasteiger charge is -2.07. The average molecular weight is 455 g/mol. The number of hydrogen-bond donors (Lipinski definition) is 0. The van der Waals surface area contributed by atoms with Gasteiger partial charge in [0.15, 0.2) is 0 Å². The minimum atomic E-state index is -0.512. The summed E-state index contributed by atoms with van der Waals surface area (Å²) in [6.45, 7) is 7.27. The van der Waals surface area contributed by atoms with Gasteiger partial charge in [0.05, 0.1) is 13.2 Å². The molecule has 0 aromatic rings. The van der Waals surface area contributed by atoms with Crippen LogP contribution in [0.1, 0.15) is 162 Å². The summed E-state index contributed by atoms with van der Waals surface area (Å²) in [5, 5.41) is 0. The zero-order valence-corrected chi connectivity index (χ0v) is 22.3. The van der Waals surface area contributed by atoms with E-state index in [-0.39, 0.29) is 0 Å². The SMILES string of the molecule is CCCCCCCCCCCCCCCCCCCCCCCCOC(=O)OCC(C)C. The van der Waals surface area contributed by atoms with E-state index in [2.05, 4.69) is 6.92 Å². The summed E-state index contributed by atoms with van der Waals surface area (Å²) in [5.74, 6) is 0.358. The first-order valence-corrected chi connectivity index (χ1v) is 14.5. The van der Waals surface area contributed by atoms with Gasteiger partial charge in [0.2, 0.25) is 0 Å². The van der Waals surface area contributed by atoms with Crippen LogP contribution in [0.5, 0.6) is 0 Å². The van der Waals surface area contributed by atoms with E-state index in [1.807, 2.05) is 13.8 Å². The van der Waals surface area contributed by atoms with Crippen molar-refractivity contribution in [2.24, 2.45) is 5.92 Å². The van der Waals surface area contributed by atoms with Gasteiger partial charge in [-0.25, -0.2) is 4.79 Å². The van der Waals surface area contributed by atoms with Crippen molar-refractivity contribution in [3.63, 3.8) is 0 Å². The van der Waals surface area contributed by atoms with Gasteiger partial charge in [-0.15, -0.1) is 0 Å². The Kier molecular flexibility index (Phi) is 25.9. The van der Waals surface area contributed by atoms with Gasteiger partial charge < -0.3 is 9.47 Å². The summed E-state index contributed by atoms with van der Waals surface area (Å²) >= 11 is 0. The van der Waals surface area contributed by atoms with Crippen molar-refractivity contribution in [3.05, 3.63) is 0 Å². The molecule has 0 aliphatic heterocycles. The number of carbonyl (C=O) groups excluding carboxylic acids is 1. The van der Waals surface area contributed by atoms with Crippen LogP contribution >= 0.6 is 0 Å². The molecule has 3 heteroatoms. The summed E-state index contributed by atoms with van der Waals surface area (Å²) in [6.07, 6.45) is 30.0. The average Bonchev–Trinajstić information content (AvgIpc) is 2.78. The molecule has 0 aliphatic carbocycles. The Bertz CT molecular complexity index is 367. The Balaban J connectivity index is 3.07. The molecule has 0 heterocycles. The number of carbonyl (C=O) groups is 1. The lowest BCUT2D eigenvalue weighted by molar-refractivity contribution is 0.0465. The normalized spacial score (nSPS) is 11.2. The Hall–Kier alpha value is -0.730. The predicted octanol–water partition coefficient (Wildman–Crippen LogP) is 10.4. The van der Waals surface area contributed by atoms with Crippen LogP contribution in [0.2, 0.25) is 0 Å². The molecule has 3 nitrogen and oxygen atoms in total. The smallest absolute Gasteiger partial charge is 0.434 e. The topological polar surface area (TPSA) is 35.5 Å². The fraction of sp³-hybridized carbons (Fsp3) is 0.966. The van der Waals surface area contributed by atoms with E-state index in [0.29, 0.717) is 19.1 Å². The Morgan fingerprint density at radius 3 is 1.12 bits per heavy atom. The van der Waals surface area contributed by atoms with E-state index in [4.69, 9.17) is 9.47 Å². The van der Waals surface area contributed by atoms with Crippen molar-refractivity contribution in [1.82, 2.24) is 0 Å². The number of ether oxygens (including phenoxy) is 2. The summed E-state index contributed by atoms with van der Waals surface area (Å²) in [6, 6.07) is 0. The fourth-order valence-corrected chi connectivity index (χ4v) is 4.14. The van der Waals surface area contributed by atoms with E-state index in [0.717, 1.165) is 12.8 Å². The van der Waals surface area contributed by atoms with Crippen molar-refractivity contribution in [2.75, 3.05) is 13.2 Å². The van der Waals surface area contributed by atoms with E-state index >= 15 is 0 Å². The third-order valence-electron chi connectivity index (χ3n) is 6.25. The Labute approximate surface area is 201 Å². The van der Waals surface area contributed by atoms with Crippen molar-refractivity contribution in [1.29, 1.82) is 0 Å². The highest BCUT2D eigenvalue weighted by molar-refractivity contribution is 5.59. The fourth-order valence-electron chi connectivity index (χ4n) is 4.14. The molecule has 0 saturated heterocycles. The molecule has 0 amide bonds. The van der Waals surface area contributed by atoms with Gasteiger partial charge in [-0.05, 0) is 12.3 Å². The second-order valence-corrected chi connectivity index (χ2v) is 10.2. The first-order chi connectivity index (χ1) is 15.7. The molecule has 32 heavy (non-hydrogen) atoms. The van der Waals surface area contributed by atoms with E-state index < -0.39 is 6.16 Å². The van der Waals surface area contributed by atoms with Crippen LogP contribution in [-0.2, 0) is 9.47 Å². The highest BCUT2D eigenvalue weighted by atomic mass is 16.7. The molecule has 0 unspecified atom stereocenters. The number of rotatable bonds is 25. The van der Waals surface area contributed by atoms with Gasteiger partial charge in [-0.3, -0.25) is 0 Å². The quantitative estimate of drug-likeness (QED) is 0.102.